The predicted molar refractivity (Wildman–Crippen MR) is 64.2 cm³/mol. The summed E-state index contributed by atoms with van der Waals surface area (Å²) in [6, 6.07) is 0. The average molecular weight is 276 g/mol. The molecule has 7 heteroatoms. The van der Waals surface area contributed by atoms with Crippen molar-refractivity contribution in [2.24, 2.45) is 5.92 Å². The van der Waals surface area contributed by atoms with E-state index in [1.807, 2.05) is 0 Å². The highest BCUT2D eigenvalue weighted by atomic mass is 35.5. The molecule has 1 aliphatic carbocycles. The molecule has 1 aromatic heterocycles. The van der Waals surface area contributed by atoms with E-state index in [1.165, 1.54) is 31.7 Å². The molecule has 0 aromatic carbocycles. The third-order valence-electron chi connectivity index (χ3n) is 2.98. The smallest absolute Gasteiger partial charge is 0.225 e. The summed E-state index contributed by atoms with van der Waals surface area (Å²) in [6.45, 7) is 0.468. The second kappa shape index (κ2) is 5.29. The van der Waals surface area contributed by atoms with Crippen LogP contribution in [0.15, 0.2) is 17.3 Å². The Balaban J connectivity index is 1.91. The van der Waals surface area contributed by atoms with Crippen molar-refractivity contribution in [2.45, 2.75) is 30.6 Å². The number of nitrogens with zero attached hydrogens (tertiary/aromatic N) is 2. The molecule has 1 fully saturated rings. The van der Waals surface area contributed by atoms with Crippen LogP contribution in [0.2, 0.25) is 5.28 Å². The van der Waals surface area contributed by atoms with Crippen molar-refractivity contribution in [1.29, 1.82) is 0 Å². The Morgan fingerprint density at radius 1 is 1.35 bits per heavy atom. The van der Waals surface area contributed by atoms with Crippen LogP contribution in [0, 0.1) is 5.92 Å². The Morgan fingerprint density at radius 2 is 2.00 bits per heavy atom. The summed E-state index contributed by atoms with van der Waals surface area (Å²) in [4.78, 5) is 7.35. The molecule has 94 valence electrons. The van der Waals surface area contributed by atoms with Gasteiger partial charge in [0.2, 0.25) is 15.3 Å². The van der Waals surface area contributed by atoms with Gasteiger partial charge in [0.1, 0.15) is 4.90 Å². The van der Waals surface area contributed by atoms with E-state index in [0.29, 0.717) is 12.5 Å². The van der Waals surface area contributed by atoms with Crippen LogP contribution in [0.25, 0.3) is 0 Å². The Hall–Kier alpha value is -0.720. The van der Waals surface area contributed by atoms with Gasteiger partial charge in [-0.2, -0.15) is 0 Å². The van der Waals surface area contributed by atoms with Crippen molar-refractivity contribution in [3.63, 3.8) is 0 Å². The zero-order valence-electron chi connectivity index (χ0n) is 9.26. The van der Waals surface area contributed by atoms with E-state index >= 15 is 0 Å². The number of hydrogen-bond donors (Lipinski definition) is 1. The van der Waals surface area contributed by atoms with Gasteiger partial charge < -0.3 is 0 Å². The van der Waals surface area contributed by atoms with Crippen LogP contribution < -0.4 is 4.72 Å². The first-order valence-electron chi connectivity index (χ1n) is 5.55. The lowest BCUT2D eigenvalue weighted by Crippen LogP contribution is -2.27. The maximum Gasteiger partial charge on any atom is 0.243 e. The number of halogens is 1. The summed E-state index contributed by atoms with van der Waals surface area (Å²) < 4.78 is 26.1. The molecule has 2 rings (SSSR count). The first-order chi connectivity index (χ1) is 8.08. The van der Waals surface area contributed by atoms with Crippen molar-refractivity contribution in [1.82, 2.24) is 14.7 Å². The molecular formula is C10H14ClN3O2S. The van der Waals surface area contributed by atoms with Gasteiger partial charge in [-0.25, -0.2) is 23.1 Å². The van der Waals surface area contributed by atoms with Gasteiger partial charge in [0.25, 0.3) is 0 Å². The molecule has 1 heterocycles. The second-order valence-corrected chi connectivity index (χ2v) is 6.28. The lowest BCUT2D eigenvalue weighted by molar-refractivity contribution is 0.297. The molecule has 0 unspecified atom stereocenters. The molecule has 0 radical (unpaired) electrons. The molecule has 1 N–H and O–H groups in total. The fourth-order valence-corrected chi connectivity index (χ4v) is 2.74. The van der Waals surface area contributed by atoms with E-state index in [2.05, 4.69) is 14.7 Å². The highest BCUT2D eigenvalue weighted by Crippen LogP contribution is 2.28. The summed E-state index contributed by atoms with van der Waals surface area (Å²) >= 11 is 5.50. The van der Waals surface area contributed by atoms with Crippen LogP contribution in [0.5, 0.6) is 0 Å². The average Bonchev–Trinajstić information content (AvgIpc) is 2.22. The van der Waals surface area contributed by atoms with Gasteiger partial charge in [-0.15, -0.1) is 0 Å². The molecular weight excluding hydrogens is 262 g/mol. The lowest BCUT2D eigenvalue weighted by Gasteiger charge is -2.25. The minimum Gasteiger partial charge on any atom is -0.225 e. The first kappa shape index (κ1) is 12.7. The highest BCUT2D eigenvalue weighted by Gasteiger charge is 2.19. The maximum absolute atomic E-state index is 11.8. The zero-order chi connectivity index (χ0) is 12.3. The maximum atomic E-state index is 11.8. The number of nitrogens with one attached hydrogen (secondary N) is 1. The molecule has 0 amide bonds. The van der Waals surface area contributed by atoms with Gasteiger partial charge in [-0.05, 0) is 23.9 Å². The van der Waals surface area contributed by atoms with Gasteiger partial charge in [0.15, 0.2) is 0 Å². The summed E-state index contributed by atoms with van der Waals surface area (Å²) in [5.41, 5.74) is 0. The Kier molecular flexibility index (Phi) is 3.96. The minimum atomic E-state index is -3.49. The summed E-state index contributed by atoms with van der Waals surface area (Å²) in [6.07, 6.45) is 7.01. The topological polar surface area (TPSA) is 72.0 Å². The van der Waals surface area contributed by atoms with Crippen LogP contribution in [0.1, 0.15) is 25.7 Å². The Morgan fingerprint density at radius 3 is 2.53 bits per heavy atom. The van der Waals surface area contributed by atoms with E-state index in [-0.39, 0.29) is 10.2 Å². The predicted octanol–water partition coefficient (Wildman–Crippen LogP) is 1.60. The third-order valence-corrected chi connectivity index (χ3v) is 4.59. The van der Waals surface area contributed by atoms with Crippen molar-refractivity contribution in [2.75, 3.05) is 6.54 Å². The molecule has 1 aromatic rings. The van der Waals surface area contributed by atoms with E-state index in [0.717, 1.165) is 6.42 Å². The molecule has 17 heavy (non-hydrogen) atoms. The number of sulfonamides is 1. The van der Waals surface area contributed by atoms with Crippen LogP contribution in [0.3, 0.4) is 0 Å². The van der Waals surface area contributed by atoms with Crippen LogP contribution in [-0.4, -0.2) is 24.9 Å². The van der Waals surface area contributed by atoms with Crippen molar-refractivity contribution < 1.29 is 8.42 Å². The molecule has 0 bridgehead atoms. The van der Waals surface area contributed by atoms with Crippen LogP contribution >= 0.6 is 11.6 Å². The molecule has 0 spiro atoms. The van der Waals surface area contributed by atoms with Gasteiger partial charge >= 0.3 is 0 Å². The van der Waals surface area contributed by atoms with E-state index < -0.39 is 10.0 Å². The fourth-order valence-electron chi connectivity index (χ4n) is 1.70. The Bertz CT molecular complexity index is 471. The molecule has 0 saturated heterocycles. The summed E-state index contributed by atoms with van der Waals surface area (Å²) in [5, 5.41) is 0.0402. The van der Waals surface area contributed by atoms with E-state index in [9.17, 15) is 8.42 Å². The number of hydrogen-bond acceptors (Lipinski definition) is 4. The number of aromatic nitrogens is 2. The monoisotopic (exact) mass is 275 g/mol. The van der Waals surface area contributed by atoms with Crippen LogP contribution in [0.4, 0.5) is 0 Å². The normalized spacial score (nSPS) is 16.8. The van der Waals surface area contributed by atoms with Gasteiger partial charge in [0.05, 0.1) is 12.4 Å². The Labute approximate surface area is 106 Å². The second-order valence-electron chi connectivity index (χ2n) is 4.17. The van der Waals surface area contributed by atoms with E-state index in [1.54, 1.807) is 0 Å². The summed E-state index contributed by atoms with van der Waals surface area (Å²) in [7, 11) is -3.49. The zero-order valence-corrected chi connectivity index (χ0v) is 10.8. The van der Waals surface area contributed by atoms with Crippen molar-refractivity contribution >= 4 is 21.6 Å². The van der Waals surface area contributed by atoms with Crippen molar-refractivity contribution in [3.8, 4) is 0 Å². The largest absolute Gasteiger partial charge is 0.243 e. The van der Waals surface area contributed by atoms with Crippen molar-refractivity contribution in [3.05, 3.63) is 17.7 Å². The van der Waals surface area contributed by atoms with Gasteiger partial charge in [0, 0.05) is 6.54 Å². The lowest BCUT2D eigenvalue weighted by atomic mass is 9.83. The molecule has 0 atom stereocenters. The quantitative estimate of drug-likeness (QED) is 0.829. The minimum absolute atomic E-state index is 0.0402. The highest BCUT2D eigenvalue weighted by molar-refractivity contribution is 7.89. The molecule has 1 saturated carbocycles. The standard InChI is InChI=1S/C10H14ClN3O2S/c11-10-12-6-9(7-13-10)17(15,16)14-5-4-8-2-1-3-8/h6-8,14H,1-5H2. The molecule has 1 aliphatic rings. The fraction of sp³-hybridized carbons (Fsp3) is 0.600. The molecule has 0 aliphatic heterocycles. The SMILES string of the molecule is O=S(=O)(NCCC1CCC1)c1cnc(Cl)nc1. The van der Waals surface area contributed by atoms with Gasteiger partial charge in [-0.3, -0.25) is 0 Å². The van der Waals surface area contributed by atoms with E-state index in [4.69, 9.17) is 11.6 Å². The number of rotatable bonds is 5. The van der Waals surface area contributed by atoms with Crippen LogP contribution in [-0.2, 0) is 10.0 Å². The first-order valence-corrected chi connectivity index (χ1v) is 7.41. The third kappa shape index (κ3) is 3.37. The summed E-state index contributed by atoms with van der Waals surface area (Å²) in [5.74, 6) is 0.680. The molecule has 5 nitrogen and oxygen atoms in total. The van der Waals surface area contributed by atoms with Gasteiger partial charge in [-0.1, -0.05) is 19.3 Å².